The Bertz CT molecular complexity index is 1090. The molecule has 0 heterocycles. The van der Waals surface area contributed by atoms with E-state index in [4.69, 9.17) is 16.3 Å². The molecule has 2 aromatic rings. The highest BCUT2D eigenvalue weighted by Gasteiger charge is 2.35. The molecule has 0 aliphatic heterocycles. The van der Waals surface area contributed by atoms with Gasteiger partial charge in [0.15, 0.2) is 6.61 Å². The lowest BCUT2D eigenvalue weighted by Gasteiger charge is -2.15. The average molecular weight is 481 g/mol. The second-order valence-corrected chi connectivity index (χ2v) is 8.25. The summed E-state index contributed by atoms with van der Waals surface area (Å²) in [6.07, 6.45) is -4.77. The smallest absolute Gasteiger partial charge is 0.418 e. The number of rotatable bonds is 7. The predicted molar refractivity (Wildman–Crippen MR) is 104 cm³/mol. The van der Waals surface area contributed by atoms with E-state index in [1.165, 1.54) is 18.2 Å². The maximum absolute atomic E-state index is 13.1. The molecular formula is C18H16ClF3N2O6S. The summed E-state index contributed by atoms with van der Waals surface area (Å²) < 4.78 is 69.0. The number of sulfonamides is 1. The lowest BCUT2D eigenvalue weighted by molar-refractivity contribution is -0.137. The van der Waals surface area contributed by atoms with Crippen molar-refractivity contribution in [3.63, 3.8) is 0 Å². The summed E-state index contributed by atoms with van der Waals surface area (Å²) in [6, 6.07) is 7.68. The van der Waals surface area contributed by atoms with Crippen LogP contribution >= 0.6 is 11.6 Å². The van der Waals surface area contributed by atoms with Gasteiger partial charge in [0, 0.05) is 7.05 Å². The number of esters is 1. The predicted octanol–water partition coefficient (Wildman–Crippen LogP) is 3.34. The summed E-state index contributed by atoms with van der Waals surface area (Å²) in [7, 11) is -1.75. The van der Waals surface area contributed by atoms with Crippen molar-refractivity contribution in [3.05, 3.63) is 58.6 Å². The van der Waals surface area contributed by atoms with Crippen molar-refractivity contribution < 1.29 is 40.8 Å². The number of anilines is 1. The summed E-state index contributed by atoms with van der Waals surface area (Å²) in [5.41, 5.74) is -2.04. The molecule has 0 unspecified atom stereocenters. The second kappa shape index (κ2) is 9.64. The van der Waals surface area contributed by atoms with E-state index in [0.29, 0.717) is 4.47 Å². The first kappa shape index (κ1) is 24.6. The summed E-state index contributed by atoms with van der Waals surface area (Å²) in [5.74, 6) is -2.14. The molecule has 0 aromatic heterocycles. The van der Waals surface area contributed by atoms with Gasteiger partial charge in [-0.25, -0.2) is 13.2 Å². The van der Waals surface area contributed by atoms with Crippen molar-refractivity contribution in [2.75, 3.05) is 26.1 Å². The van der Waals surface area contributed by atoms with E-state index < -0.39 is 45.9 Å². The Hall–Kier alpha value is -2.67. The number of amides is 1. The summed E-state index contributed by atoms with van der Waals surface area (Å²) in [4.78, 5) is 28.5. The highest BCUT2D eigenvalue weighted by atomic mass is 35.5. The Morgan fingerprint density at radius 3 is 2.42 bits per heavy atom. The quantitative estimate of drug-likeness (QED) is 0.482. The molecule has 0 spiro atoms. The molecule has 0 radical (unpaired) electrons. The van der Waals surface area contributed by atoms with Crippen LogP contribution < -0.4 is 5.32 Å². The lowest BCUT2D eigenvalue weighted by atomic mass is 10.1. The van der Waals surface area contributed by atoms with Crippen LogP contribution in [0.15, 0.2) is 47.4 Å². The Kier molecular flexibility index (Phi) is 7.65. The van der Waals surface area contributed by atoms with Crippen LogP contribution in [0.5, 0.6) is 0 Å². The standard InChI is InChI=1S/C18H16ClF3N2O6S/c1-24(29-2)31(27,28)12-6-3-5-11(9-12)17(26)30-10-15(25)23-16-13(18(20,21)22)7-4-8-14(16)19/h3-9H,10H2,1-2H3,(H,23,25). The zero-order chi connectivity index (χ0) is 23.4. The Labute approximate surface area is 180 Å². The molecule has 1 N–H and O–H groups in total. The van der Waals surface area contributed by atoms with Gasteiger partial charge in [0.05, 0.1) is 33.8 Å². The molecule has 8 nitrogen and oxygen atoms in total. The van der Waals surface area contributed by atoms with Crippen molar-refractivity contribution in [2.24, 2.45) is 0 Å². The van der Waals surface area contributed by atoms with E-state index in [1.54, 1.807) is 0 Å². The fourth-order valence-electron chi connectivity index (χ4n) is 2.31. The van der Waals surface area contributed by atoms with Crippen LogP contribution in [0, 0.1) is 0 Å². The minimum atomic E-state index is -4.77. The zero-order valence-corrected chi connectivity index (χ0v) is 17.6. The van der Waals surface area contributed by atoms with Crippen molar-refractivity contribution in [1.29, 1.82) is 0 Å². The fraction of sp³-hybridized carbons (Fsp3) is 0.222. The third kappa shape index (κ3) is 5.94. The van der Waals surface area contributed by atoms with E-state index in [0.717, 1.165) is 38.4 Å². The van der Waals surface area contributed by atoms with Gasteiger partial charge in [-0.2, -0.15) is 13.2 Å². The van der Waals surface area contributed by atoms with E-state index in [-0.39, 0.29) is 15.5 Å². The molecule has 0 bridgehead atoms. The van der Waals surface area contributed by atoms with Gasteiger partial charge in [-0.05, 0) is 30.3 Å². The first-order valence-corrected chi connectivity index (χ1v) is 10.2. The Morgan fingerprint density at radius 1 is 1.16 bits per heavy atom. The van der Waals surface area contributed by atoms with E-state index >= 15 is 0 Å². The minimum absolute atomic E-state index is 0.202. The van der Waals surface area contributed by atoms with Crippen LogP contribution in [-0.2, 0) is 30.6 Å². The Morgan fingerprint density at radius 2 is 1.81 bits per heavy atom. The van der Waals surface area contributed by atoms with E-state index in [9.17, 15) is 31.2 Å². The van der Waals surface area contributed by atoms with Crippen molar-refractivity contribution in [3.8, 4) is 0 Å². The molecule has 0 aliphatic rings. The number of nitrogens with zero attached hydrogens (tertiary/aromatic N) is 1. The number of nitrogens with one attached hydrogen (secondary N) is 1. The van der Waals surface area contributed by atoms with Crippen LogP contribution in [-0.4, -0.2) is 45.5 Å². The van der Waals surface area contributed by atoms with E-state index in [2.05, 4.69) is 4.84 Å². The van der Waals surface area contributed by atoms with Gasteiger partial charge in [-0.15, -0.1) is 0 Å². The zero-order valence-electron chi connectivity index (χ0n) is 16.1. The lowest BCUT2D eigenvalue weighted by Crippen LogP contribution is -2.26. The SMILES string of the molecule is CON(C)S(=O)(=O)c1cccc(C(=O)OCC(=O)Nc2c(Cl)cccc2C(F)(F)F)c1. The first-order chi connectivity index (χ1) is 14.4. The fourth-order valence-corrected chi connectivity index (χ4v) is 3.55. The molecule has 0 saturated heterocycles. The molecule has 0 aliphatic carbocycles. The number of halogens is 4. The molecule has 0 atom stereocenters. The average Bonchev–Trinajstić information content (AvgIpc) is 2.72. The third-order valence-electron chi connectivity index (χ3n) is 3.88. The first-order valence-electron chi connectivity index (χ1n) is 8.33. The molecule has 13 heteroatoms. The molecule has 0 saturated carbocycles. The van der Waals surface area contributed by atoms with Gasteiger partial charge < -0.3 is 10.1 Å². The molecular weight excluding hydrogens is 465 g/mol. The van der Waals surface area contributed by atoms with Crippen LogP contribution in [0.25, 0.3) is 0 Å². The number of para-hydroxylation sites is 1. The van der Waals surface area contributed by atoms with Crippen LogP contribution in [0.1, 0.15) is 15.9 Å². The number of ether oxygens (including phenoxy) is 1. The van der Waals surface area contributed by atoms with Gasteiger partial charge in [0.2, 0.25) is 0 Å². The molecule has 31 heavy (non-hydrogen) atoms. The topological polar surface area (TPSA) is 102 Å². The second-order valence-electron chi connectivity index (χ2n) is 5.91. The van der Waals surface area contributed by atoms with Crippen LogP contribution in [0.2, 0.25) is 5.02 Å². The molecule has 2 rings (SSSR count). The molecule has 0 fully saturated rings. The van der Waals surface area contributed by atoms with Crippen LogP contribution in [0.4, 0.5) is 18.9 Å². The number of hydrogen-bond donors (Lipinski definition) is 1. The number of alkyl halides is 3. The number of hydrogen-bond acceptors (Lipinski definition) is 6. The maximum Gasteiger partial charge on any atom is 0.418 e. The number of hydroxylamine groups is 1. The summed E-state index contributed by atoms with van der Waals surface area (Å²) in [6.45, 7) is -0.934. The van der Waals surface area contributed by atoms with E-state index in [1.807, 2.05) is 5.32 Å². The number of carbonyl (C=O) groups is 2. The van der Waals surface area contributed by atoms with Gasteiger partial charge in [-0.3, -0.25) is 9.63 Å². The van der Waals surface area contributed by atoms with Gasteiger partial charge in [0.25, 0.3) is 15.9 Å². The van der Waals surface area contributed by atoms with Crippen molar-refractivity contribution in [1.82, 2.24) is 4.47 Å². The number of carbonyl (C=O) groups excluding carboxylic acids is 2. The molecule has 2 aromatic carbocycles. The summed E-state index contributed by atoms with van der Waals surface area (Å²) >= 11 is 5.74. The van der Waals surface area contributed by atoms with Crippen molar-refractivity contribution in [2.45, 2.75) is 11.1 Å². The third-order valence-corrected chi connectivity index (χ3v) is 5.87. The normalized spacial score (nSPS) is 12.0. The molecule has 168 valence electrons. The van der Waals surface area contributed by atoms with Gasteiger partial charge >= 0.3 is 12.1 Å². The van der Waals surface area contributed by atoms with Gasteiger partial charge in [0.1, 0.15) is 0 Å². The largest absolute Gasteiger partial charge is 0.452 e. The molecule has 1 amide bonds. The van der Waals surface area contributed by atoms with Gasteiger partial charge in [-0.1, -0.05) is 28.2 Å². The summed E-state index contributed by atoms with van der Waals surface area (Å²) in [5, 5.41) is 1.61. The Balaban J connectivity index is 2.11. The highest BCUT2D eigenvalue weighted by Crippen LogP contribution is 2.38. The monoisotopic (exact) mass is 480 g/mol. The minimum Gasteiger partial charge on any atom is -0.452 e. The van der Waals surface area contributed by atoms with Crippen molar-refractivity contribution >= 4 is 39.2 Å². The number of benzene rings is 2. The van der Waals surface area contributed by atoms with Crippen LogP contribution in [0.3, 0.4) is 0 Å². The maximum atomic E-state index is 13.1. The highest BCUT2D eigenvalue weighted by molar-refractivity contribution is 7.89.